The van der Waals surface area contributed by atoms with Gasteiger partial charge in [-0.3, -0.25) is 4.79 Å². The van der Waals surface area contributed by atoms with Crippen LogP contribution in [0.1, 0.15) is 56.5 Å². The SMILES string of the molecule is CCC(CC)C(=O)NCCCc1nc2ccccc2n1CCCOc1cccc(C)c1C. The maximum absolute atomic E-state index is 12.2. The van der Waals surface area contributed by atoms with Gasteiger partial charge < -0.3 is 14.6 Å². The number of nitrogens with zero attached hydrogens (tertiary/aromatic N) is 2. The molecule has 3 aromatic rings. The Balaban J connectivity index is 1.58. The summed E-state index contributed by atoms with van der Waals surface area (Å²) in [6.07, 6.45) is 4.42. The van der Waals surface area contributed by atoms with Crippen LogP contribution in [0.4, 0.5) is 0 Å². The van der Waals surface area contributed by atoms with Crippen molar-refractivity contribution in [1.82, 2.24) is 14.9 Å². The van der Waals surface area contributed by atoms with Gasteiger partial charge in [0.1, 0.15) is 11.6 Å². The van der Waals surface area contributed by atoms with E-state index in [0.717, 1.165) is 61.3 Å². The molecule has 172 valence electrons. The quantitative estimate of drug-likeness (QED) is 0.376. The summed E-state index contributed by atoms with van der Waals surface area (Å²) in [5, 5.41) is 3.09. The van der Waals surface area contributed by atoms with E-state index in [-0.39, 0.29) is 11.8 Å². The van der Waals surface area contributed by atoms with Crippen LogP contribution in [-0.2, 0) is 17.8 Å². The molecule has 1 N–H and O–H groups in total. The first-order chi connectivity index (χ1) is 15.5. The molecule has 1 amide bonds. The van der Waals surface area contributed by atoms with Crippen LogP contribution in [0.5, 0.6) is 5.75 Å². The van der Waals surface area contributed by atoms with E-state index in [9.17, 15) is 4.79 Å². The topological polar surface area (TPSA) is 56.2 Å². The first kappa shape index (κ1) is 23.8. The van der Waals surface area contributed by atoms with Gasteiger partial charge in [0.05, 0.1) is 17.6 Å². The van der Waals surface area contributed by atoms with Gasteiger partial charge in [0.15, 0.2) is 0 Å². The van der Waals surface area contributed by atoms with Crippen LogP contribution in [0, 0.1) is 19.8 Å². The lowest BCUT2D eigenvalue weighted by molar-refractivity contribution is -0.125. The Bertz CT molecular complexity index is 1020. The smallest absolute Gasteiger partial charge is 0.223 e. The number of amides is 1. The molecule has 5 heteroatoms. The fourth-order valence-electron chi connectivity index (χ4n) is 4.11. The molecular weight excluding hydrogens is 398 g/mol. The third-order valence-corrected chi connectivity index (χ3v) is 6.30. The van der Waals surface area contributed by atoms with Gasteiger partial charge in [-0.15, -0.1) is 0 Å². The molecule has 0 radical (unpaired) electrons. The summed E-state index contributed by atoms with van der Waals surface area (Å²) in [6, 6.07) is 14.5. The van der Waals surface area contributed by atoms with Crippen LogP contribution in [0.3, 0.4) is 0 Å². The highest BCUT2D eigenvalue weighted by Crippen LogP contribution is 2.21. The molecule has 0 aliphatic carbocycles. The van der Waals surface area contributed by atoms with Gasteiger partial charge in [-0.25, -0.2) is 4.98 Å². The molecule has 0 saturated heterocycles. The number of carbonyl (C=O) groups is 1. The lowest BCUT2D eigenvalue weighted by Crippen LogP contribution is -2.31. The number of fused-ring (bicyclic) bond motifs is 1. The number of hydrogen-bond acceptors (Lipinski definition) is 3. The van der Waals surface area contributed by atoms with Gasteiger partial charge in [0.25, 0.3) is 0 Å². The minimum absolute atomic E-state index is 0.122. The van der Waals surface area contributed by atoms with Gasteiger partial charge in [-0.1, -0.05) is 38.1 Å². The van der Waals surface area contributed by atoms with E-state index in [1.54, 1.807) is 0 Å². The second kappa shape index (κ2) is 11.7. The van der Waals surface area contributed by atoms with Crippen LogP contribution in [0.15, 0.2) is 42.5 Å². The van der Waals surface area contributed by atoms with Gasteiger partial charge in [-0.2, -0.15) is 0 Å². The molecule has 0 aliphatic rings. The Labute approximate surface area is 192 Å². The normalized spacial score (nSPS) is 11.3. The number of rotatable bonds is 12. The van der Waals surface area contributed by atoms with E-state index in [4.69, 9.17) is 9.72 Å². The molecule has 0 fully saturated rings. The molecule has 1 heterocycles. The van der Waals surface area contributed by atoms with Crippen LogP contribution in [0.25, 0.3) is 11.0 Å². The Hall–Kier alpha value is -2.82. The predicted octanol–water partition coefficient (Wildman–Crippen LogP) is 5.61. The van der Waals surface area contributed by atoms with Crippen molar-refractivity contribution in [2.45, 2.75) is 66.3 Å². The van der Waals surface area contributed by atoms with E-state index in [0.29, 0.717) is 13.2 Å². The number of nitrogens with one attached hydrogen (secondary N) is 1. The summed E-state index contributed by atoms with van der Waals surface area (Å²) < 4.78 is 8.37. The lowest BCUT2D eigenvalue weighted by Gasteiger charge is -2.14. The second-order valence-electron chi connectivity index (χ2n) is 8.48. The van der Waals surface area contributed by atoms with Crippen molar-refractivity contribution in [3.05, 3.63) is 59.4 Å². The van der Waals surface area contributed by atoms with Crippen molar-refractivity contribution in [3.63, 3.8) is 0 Å². The zero-order chi connectivity index (χ0) is 22.9. The van der Waals surface area contributed by atoms with Crippen molar-refractivity contribution in [2.75, 3.05) is 13.2 Å². The molecule has 1 aromatic heterocycles. The Morgan fingerprint density at radius 2 is 1.84 bits per heavy atom. The zero-order valence-corrected chi connectivity index (χ0v) is 20.0. The zero-order valence-electron chi connectivity index (χ0n) is 20.0. The number of ether oxygens (including phenoxy) is 1. The molecule has 0 atom stereocenters. The number of aryl methyl sites for hydroxylation is 3. The lowest BCUT2D eigenvalue weighted by atomic mass is 10.0. The average Bonchev–Trinajstić information content (AvgIpc) is 3.15. The van der Waals surface area contributed by atoms with Gasteiger partial charge in [-0.05, 0) is 68.9 Å². The van der Waals surface area contributed by atoms with Crippen molar-refractivity contribution in [2.24, 2.45) is 5.92 Å². The summed E-state index contributed by atoms with van der Waals surface area (Å²) in [6.45, 7) is 10.6. The van der Waals surface area contributed by atoms with E-state index < -0.39 is 0 Å². The highest BCUT2D eigenvalue weighted by atomic mass is 16.5. The van der Waals surface area contributed by atoms with E-state index in [1.807, 2.05) is 18.2 Å². The van der Waals surface area contributed by atoms with Crippen molar-refractivity contribution < 1.29 is 9.53 Å². The monoisotopic (exact) mass is 435 g/mol. The number of aromatic nitrogens is 2. The third-order valence-electron chi connectivity index (χ3n) is 6.30. The molecule has 0 saturated carbocycles. The molecule has 0 bridgehead atoms. The minimum Gasteiger partial charge on any atom is -0.493 e. The number of para-hydroxylation sites is 2. The molecule has 0 aliphatic heterocycles. The molecule has 0 spiro atoms. The van der Waals surface area contributed by atoms with Crippen LogP contribution >= 0.6 is 0 Å². The summed E-state index contributed by atoms with van der Waals surface area (Å²) in [5.41, 5.74) is 4.65. The summed E-state index contributed by atoms with van der Waals surface area (Å²) in [5.74, 6) is 2.34. The molecular formula is C27H37N3O2. The van der Waals surface area contributed by atoms with Crippen molar-refractivity contribution in [3.8, 4) is 5.75 Å². The van der Waals surface area contributed by atoms with Gasteiger partial charge in [0, 0.05) is 25.4 Å². The Morgan fingerprint density at radius 3 is 2.62 bits per heavy atom. The summed E-state index contributed by atoms with van der Waals surface area (Å²) in [7, 11) is 0. The van der Waals surface area contributed by atoms with Crippen LogP contribution in [0.2, 0.25) is 0 Å². The number of carbonyl (C=O) groups excluding carboxylic acids is 1. The summed E-state index contributed by atoms with van der Waals surface area (Å²) >= 11 is 0. The standard InChI is InChI=1S/C27H37N3O2/c1-5-22(6-2)27(31)28-17-10-16-26-29-23-13-7-8-14-24(23)30(26)18-11-19-32-25-15-9-12-20(3)21(25)4/h7-9,12-15,22H,5-6,10-11,16-19H2,1-4H3,(H,28,31). The van der Waals surface area contributed by atoms with E-state index >= 15 is 0 Å². The first-order valence-electron chi connectivity index (χ1n) is 12.0. The molecule has 32 heavy (non-hydrogen) atoms. The maximum Gasteiger partial charge on any atom is 0.223 e. The highest BCUT2D eigenvalue weighted by Gasteiger charge is 2.14. The molecule has 5 nitrogen and oxygen atoms in total. The van der Waals surface area contributed by atoms with Crippen LogP contribution < -0.4 is 10.1 Å². The number of imidazole rings is 1. The number of hydrogen-bond donors (Lipinski definition) is 1. The first-order valence-corrected chi connectivity index (χ1v) is 12.0. The fourth-order valence-corrected chi connectivity index (χ4v) is 4.11. The number of benzene rings is 2. The van der Waals surface area contributed by atoms with Gasteiger partial charge >= 0.3 is 0 Å². The molecule has 0 unspecified atom stereocenters. The molecule has 2 aromatic carbocycles. The predicted molar refractivity (Wildman–Crippen MR) is 131 cm³/mol. The Kier molecular flexibility index (Phi) is 8.72. The minimum atomic E-state index is 0.122. The Morgan fingerprint density at radius 1 is 1.06 bits per heavy atom. The maximum atomic E-state index is 12.2. The van der Waals surface area contributed by atoms with Crippen molar-refractivity contribution >= 4 is 16.9 Å². The third kappa shape index (κ3) is 5.90. The van der Waals surface area contributed by atoms with Crippen molar-refractivity contribution in [1.29, 1.82) is 0 Å². The van der Waals surface area contributed by atoms with E-state index in [2.05, 4.69) is 61.8 Å². The van der Waals surface area contributed by atoms with Crippen LogP contribution in [-0.4, -0.2) is 28.6 Å². The average molecular weight is 436 g/mol. The summed E-state index contributed by atoms with van der Waals surface area (Å²) in [4.78, 5) is 17.1. The second-order valence-corrected chi connectivity index (χ2v) is 8.48. The van der Waals surface area contributed by atoms with E-state index in [1.165, 1.54) is 11.1 Å². The fraction of sp³-hybridized carbons (Fsp3) is 0.481. The van der Waals surface area contributed by atoms with Gasteiger partial charge in [0.2, 0.25) is 5.91 Å². The largest absolute Gasteiger partial charge is 0.493 e. The molecule has 3 rings (SSSR count). The highest BCUT2D eigenvalue weighted by molar-refractivity contribution is 5.78.